The fraction of sp³-hybridized carbons (Fsp3) is 0.400. The molecule has 1 N–H and O–H groups in total. The molecule has 2 heterocycles. The van der Waals surface area contributed by atoms with E-state index in [1.54, 1.807) is 0 Å². The van der Waals surface area contributed by atoms with Crippen LogP contribution in [0.15, 0.2) is 24.3 Å². The van der Waals surface area contributed by atoms with Crippen LogP contribution < -0.4 is 5.32 Å². The first-order chi connectivity index (χ1) is 9.27. The molecule has 1 aromatic heterocycles. The number of nitrogens with zero attached hydrogens (tertiary/aromatic N) is 1. The maximum absolute atomic E-state index is 10.9. The number of para-hydroxylation sites is 1. The molecule has 0 radical (unpaired) electrons. The molecule has 100 valence electrons. The molecule has 1 aromatic carbocycles. The van der Waals surface area contributed by atoms with Gasteiger partial charge in [0.2, 0.25) is 0 Å². The third-order valence-electron chi connectivity index (χ3n) is 3.65. The molecule has 0 fully saturated rings. The second-order valence-corrected chi connectivity index (χ2v) is 4.86. The summed E-state index contributed by atoms with van der Waals surface area (Å²) in [4.78, 5) is 10.9. The van der Waals surface area contributed by atoms with E-state index in [0.29, 0.717) is 6.61 Å². The summed E-state index contributed by atoms with van der Waals surface area (Å²) in [5, 5.41) is 4.73. The molecule has 19 heavy (non-hydrogen) atoms. The predicted molar refractivity (Wildman–Crippen MR) is 74.0 cm³/mol. The van der Waals surface area contributed by atoms with Crippen molar-refractivity contribution in [2.45, 2.75) is 26.4 Å². The zero-order valence-corrected chi connectivity index (χ0v) is 11.1. The van der Waals surface area contributed by atoms with Gasteiger partial charge in [0.25, 0.3) is 0 Å². The molecule has 2 aromatic rings. The van der Waals surface area contributed by atoms with E-state index in [-0.39, 0.29) is 5.97 Å². The Kier molecular flexibility index (Phi) is 3.25. The van der Waals surface area contributed by atoms with Gasteiger partial charge in [-0.2, -0.15) is 0 Å². The summed E-state index contributed by atoms with van der Waals surface area (Å²) >= 11 is 0. The number of fused-ring (bicyclic) bond motifs is 3. The van der Waals surface area contributed by atoms with E-state index in [4.69, 9.17) is 4.74 Å². The van der Waals surface area contributed by atoms with Crippen molar-refractivity contribution in [1.29, 1.82) is 0 Å². The zero-order valence-electron chi connectivity index (χ0n) is 11.1. The van der Waals surface area contributed by atoms with Gasteiger partial charge in [-0.1, -0.05) is 18.2 Å². The van der Waals surface area contributed by atoms with Gasteiger partial charge in [0.1, 0.15) is 6.61 Å². The van der Waals surface area contributed by atoms with Crippen LogP contribution in [0.4, 0.5) is 0 Å². The van der Waals surface area contributed by atoms with Crippen molar-refractivity contribution in [2.75, 3.05) is 13.2 Å². The second kappa shape index (κ2) is 5.05. The molecule has 1 aliphatic rings. The van der Waals surface area contributed by atoms with E-state index < -0.39 is 0 Å². The van der Waals surface area contributed by atoms with Crippen LogP contribution in [-0.4, -0.2) is 23.7 Å². The van der Waals surface area contributed by atoms with Gasteiger partial charge >= 0.3 is 5.97 Å². The molecule has 0 spiro atoms. The van der Waals surface area contributed by atoms with E-state index >= 15 is 0 Å². The molecular weight excluding hydrogens is 240 g/mol. The Morgan fingerprint density at radius 1 is 1.42 bits per heavy atom. The van der Waals surface area contributed by atoms with Gasteiger partial charge < -0.3 is 14.6 Å². The molecular formula is C15H18N2O2. The molecule has 4 heteroatoms. The Balaban J connectivity index is 1.99. The number of benzene rings is 1. The Morgan fingerprint density at radius 2 is 2.26 bits per heavy atom. The summed E-state index contributed by atoms with van der Waals surface area (Å²) in [6, 6.07) is 8.45. The van der Waals surface area contributed by atoms with Crippen LogP contribution in [0, 0.1) is 0 Å². The van der Waals surface area contributed by atoms with Crippen molar-refractivity contribution in [3.05, 3.63) is 35.5 Å². The number of carbonyl (C=O) groups excluding carboxylic acids is 1. The maximum Gasteiger partial charge on any atom is 0.302 e. The number of esters is 1. The molecule has 4 nitrogen and oxygen atoms in total. The smallest absolute Gasteiger partial charge is 0.302 e. The minimum Gasteiger partial charge on any atom is -0.464 e. The van der Waals surface area contributed by atoms with Crippen molar-refractivity contribution in [1.82, 2.24) is 9.88 Å². The van der Waals surface area contributed by atoms with Crippen LogP contribution >= 0.6 is 0 Å². The fourth-order valence-corrected chi connectivity index (χ4v) is 2.87. The first-order valence-electron chi connectivity index (χ1n) is 6.70. The van der Waals surface area contributed by atoms with E-state index in [2.05, 4.69) is 34.1 Å². The Morgan fingerprint density at radius 3 is 3.11 bits per heavy atom. The number of aromatic nitrogens is 1. The highest BCUT2D eigenvalue weighted by Crippen LogP contribution is 2.28. The van der Waals surface area contributed by atoms with E-state index in [0.717, 1.165) is 26.1 Å². The average Bonchev–Trinajstić information content (AvgIpc) is 2.74. The largest absolute Gasteiger partial charge is 0.464 e. The third-order valence-corrected chi connectivity index (χ3v) is 3.65. The summed E-state index contributed by atoms with van der Waals surface area (Å²) in [5.41, 5.74) is 4.01. The number of hydrogen-bond acceptors (Lipinski definition) is 3. The van der Waals surface area contributed by atoms with Gasteiger partial charge in [0.15, 0.2) is 0 Å². The lowest BCUT2D eigenvalue weighted by Gasteiger charge is -2.17. The molecule has 0 unspecified atom stereocenters. The zero-order chi connectivity index (χ0) is 13.2. The minimum absolute atomic E-state index is 0.216. The number of ether oxygens (including phenoxy) is 1. The summed E-state index contributed by atoms with van der Waals surface area (Å²) in [7, 11) is 0. The van der Waals surface area contributed by atoms with Crippen molar-refractivity contribution in [2.24, 2.45) is 0 Å². The van der Waals surface area contributed by atoms with E-state index in [1.807, 2.05) is 0 Å². The average molecular weight is 258 g/mol. The monoisotopic (exact) mass is 258 g/mol. The molecule has 0 saturated carbocycles. The Labute approximate surface area is 112 Å². The highest BCUT2D eigenvalue weighted by molar-refractivity contribution is 5.85. The van der Waals surface area contributed by atoms with Gasteiger partial charge in [-0.3, -0.25) is 4.79 Å². The molecule has 0 saturated heterocycles. The van der Waals surface area contributed by atoms with Crippen LogP contribution in [0.5, 0.6) is 0 Å². The molecule has 0 atom stereocenters. The summed E-state index contributed by atoms with van der Waals surface area (Å²) < 4.78 is 7.38. The Hall–Kier alpha value is -1.81. The van der Waals surface area contributed by atoms with Gasteiger partial charge in [-0.25, -0.2) is 0 Å². The first kappa shape index (κ1) is 12.2. The quantitative estimate of drug-likeness (QED) is 0.854. The SMILES string of the molecule is CC(=O)OCCn1c2c(c3ccccc31)CNCC2. The maximum atomic E-state index is 10.9. The summed E-state index contributed by atoms with van der Waals surface area (Å²) in [6.45, 7) is 4.56. The van der Waals surface area contributed by atoms with Crippen LogP contribution in [-0.2, 0) is 29.0 Å². The van der Waals surface area contributed by atoms with E-state index in [9.17, 15) is 4.79 Å². The standard InChI is InChI=1S/C15H18N2O2/c1-11(18)19-9-8-17-14-5-3-2-4-12(14)13-10-16-7-6-15(13)17/h2-5,16H,6-10H2,1H3. The second-order valence-electron chi connectivity index (χ2n) is 4.86. The summed E-state index contributed by atoms with van der Waals surface area (Å²) in [5.74, 6) is -0.216. The molecule has 3 rings (SSSR count). The lowest BCUT2D eigenvalue weighted by Crippen LogP contribution is -2.25. The fourth-order valence-electron chi connectivity index (χ4n) is 2.87. The topological polar surface area (TPSA) is 43.3 Å². The van der Waals surface area contributed by atoms with Gasteiger partial charge in [-0.15, -0.1) is 0 Å². The van der Waals surface area contributed by atoms with Gasteiger partial charge in [0.05, 0.1) is 6.54 Å². The van der Waals surface area contributed by atoms with Crippen LogP contribution in [0.25, 0.3) is 10.9 Å². The highest BCUT2D eigenvalue weighted by Gasteiger charge is 2.19. The number of nitrogens with one attached hydrogen (secondary N) is 1. The lowest BCUT2D eigenvalue weighted by molar-refractivity contribution is -0.141. The lowest BCUT2D eigenvalue weighted by atomic mass is 10.1. The van der Waals surface area contributed by atoms with Crippen molar-refractivity contribution in [3.63, 3.8) is 0 Å². The third kappa shape index (κ3) is 2.24. The number of carbonyl (C=O) groups is 1. The van der Waals surface area contributed by atoms with Crippen LogP contribution in [0.1, 0.15) is 18.2 Å². The molecule has 1 aliphatic heterocycles. The first-order valence-corrected chi connectivity index (χ1v) is 6.70. The molecule has 0 amide bonds. The van der Waals surface area contributed by atoms with E-state index in [1.165, 1.54) is 29.1 Å². The van der Waals surface area contributed by atoms with Crippen molar-refractivity contribution >= 4 is 16.9 Å². The van der Waals surface area contributed by atoms with Crippen molar-refractivity contribution in [3.8, 4) is 0 Å². The van der Waals surface area contributed by atoms with Crippen LogP contribution in [0.3, 0.4) is 0 Å². The summed E-state index contributed by atoms with van der Waals surface area (Å²) in [6.07, 6.45) is 1.03. The van der Waals surface area contributed by atoms with Gasteiger partial charge in [0, 0.05) is 43.0 Å². The normalized spacial score (nSPS) is 14.4. The van der Waals surface area contributed by atoms with Crippen molar-refractivity contribution < 1.29 is 9.53 Å². The molecule has 0 bridgehead atoms. The predicted octanol–water partition coefficient (Wildman–Crippen LogP) is 1.85. The minimum atomic E-state index is -0.216. The van der Waals surface area contributed by atoms with Gasteiger partial charge in [-0.05, 0) is 11.6 Å². The molecule has 0 aliphatic carbocycles. The number of hydrogen-bond donors (Lipinski definition) is 1. The highest BCUT2D eigenvalue weighted by atomic mass is 16.5. The Bertz CT molecular complexity index is 616. The number of rotatable bonds is 3. The van der Waals surface area contributed by atoms with Crippen LogP contribution in [0.2, 0.25) is 0 Å².